The topological polar surface area (TPSA) is 15.3 Å². The summed E-state index contributed by atoms with van der Waals surface area (Å²) < 4.78 is 0. The molecule has 0 saturated carbocycles. The van der Waals surface area contributed by atoms with Gasteiger partial charge in [0.15, 0.2) is 0 Å². The first-order valence-corrected chi connectivity index (χ1v) is 11.8. The van der Waals surface area contributed by atoms with Crippen molar-refractivity contribution >= 4 is 0 Å². The molecule has 1 fully saturated rings. The first-order valence-electron chi connectivity index (χ1n) is 11.8. The average molecular weight is 353 g/mol. The number of rotatable bonds is 18. The summed E-state index contributed by atoms with van der Waals surface area (Å²) in [6.45, 7) is 9.85. The standard InChI is InChI=1S/C23H48N2/c1-3-5-7-9-11-13-18-23(17-12-10-8-6-4-2)24-19-16-22-25-20-14-15-21-25/h23-24H,3-22H2,1-2H3. The van der Waals surface area contributed by atoms with Crippen LogP contribution in [0.1, 0.15) is 117 Å². The van der Waals surface area contributed by atoms with Gasteiger partial charge in [0.1, 0.15) is 0 Å². The van der Waals surface area contributed by atoms with Crippen LogP contribution in [0.2, 0.25) is 0 Å². The van der Waals surface area contributed by atoms with E-state index >= 15 is 0 Å². The molecule has 1 atom stereocenters. The number of unbranched alkanes of at least 4 members (excludes halogenated alkanes) is 9. The fourth-order valence-corrected chi connectivity index (χ4v) is 4.13. The van der Waals surface area contributed by atoms with Crippen molar-refractivity contribution in [2.75, 3.05) is 26.2 Å². The molecule has 0 bridgehead atoms. The first kappa shape index (κ1) is 23.0. The third-order valence-electron chi connectivity index (χ3n) is 5.85. The van der Waals surface area contributed by atoms with Crippen LogP contribution in [0.5, 0.6) is 0 Å². The first-order chi connectivity index (χ1) is 12.4. The smallest absolute Gasteiger partial charge is 0.00670 e. The molecule has 0 spiro atoms. The predicted octanol–water partition coefficient (Wildman–Crippen LogP) is 6.54. The summed E-state index contributed by atoms with van der Waals surface area (Å²) in [5, 5.41) is 3.91. The highest BCUT2D eigenvalue weighted by Gasteiger charge is 2.11. The minimum atomic E-state index is 0.784. The number of hydrogen-bond acceptors (Lipinski definition) is 2. The van der Waals surface area contributed by atoms with Crippen molar-refractivity contribution in [3.8, 4) is 0 Å². The van der Waals surface area contributed by atoms with Crippen molar-refractivity contribution < 1.29 is 0 Å². The lowest BCUT2D eigenvalue weighted by Crippen LogP contribution is -2.32. The SMILES string of the molecule is CCCCCCCCC(CCCCCCC)NCCCN1CCCC1. The van der Waals surface area contributed by atoms with Gasteiger partial charge in [0.25, 0.3) is 0 Å². The molecule has 0 amide bonds. The van der Waals surface area contributed by atoms with Gasteiger partial charge in [-0.2, -0.15) is 0 Å². The highest BCUT2D eigenvalue weighted by molar-refractivity contribution is 4.70. The van der Waals surface area contributed by atoms with Crippen LogP contribution in [0.3, 0.4) is 0 Å². The van der Waals surface area contributed by atoms with E-state index in [1.165, 1.54) is 129 Å². The van der Waals surface area contributed by atoms with Crippen LogP contribution in [-0.4, -0.2) is 37.1 Å². The molecule has 0 aromatic carbocycles. The van der Waals surface area contributed by atoms with Crippen molar-refractivity contribution in [1.29, 1.82) is 0 Å². The van der Waals surface area contributed by atoms with Gasteiger partial charge in [0.05, 0.1) is 0 Å². The Morgan fingerprint density at radius 1 is 0.680 bits per heavy atom. The molecule has 2 heteroatoms. The van der Waals surface area contributed by atoms with E-state index < -0.39 is 0 Å². The summed E-state index contributed by atoms with van der Waals surface area (Å²) >= 11 is 0. The Hall–Kier alpha value is -0.0800. The summed E-state index contributed by atoms with van der Waals surface area (Å²) in [4.78, 5) is 2.65. The monoisotopic (exact) mass is 352 g/mol. The van der Waals surface area contributed by atoms with Gasteiger partial charge < -0.3 is 10.2 Å². The third-order valence-corrected chi connectivity index (χ3v) is 5.85. The quantitative estimate of drug-likeness (QED) is 0.282. The normalized spacial score (nSPS) is 16.6. The molecule has 1 aliphatic rings. The molecule has 1 aliphatic heterocycles. The van der Waals surface area contributed by atoms with E-state index in [9.17, 15) is 0 Å². The van der Waals surface area contributed by atoms with Gasteiger partial charge in [-0.05, 0) is 58.3 Å². The second-order valence-electron chi connectivity index (χ2n) is 8.31. The molecule has 150 valence electrons. The lowest BCUT2D eigenvalue weighted by atomic mass is 10.00. The molecule has 1 rings (SSSR count). The Kier molecular flexibility index (Phi) is 15.9. The Morgan fingerprint density at radius 2 is 1.20 bits per heavy atom. The predicted molar refractivity (Wildman–Crippen MR) is 113 cm³/mol. The summed E-state index contributed by atoms with van der Waals surface area (Å²) in [6, 6.07) is 0.784. The van der Waals surface area contributed by atoms with Crippen molar-refractivity contribution in [3.63, 3.8) is 0 Å². The molecule has 1 heterocycles. The minimum Gasteiger partial charge on any atom is -0.314 e. The van der Waals surface area contributed by atoms with E-state index in [-0.39, 0.29) is 0 Å². The maximum absolute atomic E-state index is 3.91. The van der Waals surface area contributed by atoms with E-state index in [0.717, 1.165) is 6.04 Å². The van der Waals surface area contributed by atoms with Crippen molar-refractivity contribution in [3.05, 3.63) is 0 Å². The molecule has 0 radical (unpaired) electrons. The highest BCUT2D eigenvalue weighted by Crippen LogP contribution is 2.14. The van der Waals surface area contributed by atoms with Gasteiger partial charge in [0.2, 0.25) is 0 Å². The molecule has 0 aliphatic carbocycles. The second-order valence-corrected chi connectivity index (χ2v) is 8.31. The van der Waals surface area contributed by atoms with Crippen LogP contribution in [0.25, 0.3) is 0 Å². The third kappa shape index (κ3) is 13.7. The second kappa shape index (κ2) is 17.3. The highest BCUT2D eigenvalue weighted by atomic mass is 15.1. The zero-order valence-corrected chi connectivity index (χ0v) is 17.7. The Morgan fingerprint density at radius 3 is 1.76 bits per heavy atom. The molecule has 0 aromatic heterocycles. The van der Waals surface area contributed by atoms with Crippen LogP contribution in [0, 0.1) is 0 Å². The van der Waals surface area contributed by atoms with Gasteiger partial charge in [-0.15, -0.1) is 0 Å². The van der Waals surface area contributed by atoms with E-state index in [2.05, 4.69) is 24.1 Å². The van der Waals surface area contributed by atoms with Gasteiger partial charge in [0, 0.05) is 6.04 Å². The van der Waals surface area contributed by atoms with Crippen LogP contribution in [-0.2, 0) is 0 Å². The van der Waals surface area contributed by atoms with Crippen LogP contribution >= 0.6 is 0 Å². The molecule has 1 saturated heterocycles. The summed E-state index contributed by atoms with van der Waals surface area (Å²) in [5.74, 6) is 0. The van der Waals surface area contributed by atoms with Crippen LogP contribution in [0.4, 0.5) is 0 Å². The molecule has 0 aromatic rings. The number of hydrogen-bond donors (Lipinski definition) is 1. The number of likely N-dealkylation sites (tertiary alicyclic amines) is 1. The Labute approximate surface area is 159 Å². The van der Waals surface area contributed by atoms with E-state index in [1.807, 2.05) is 0 Å². The molecule has 2 nitrogen and oxygen atoms in total. The zero-order valence-electron chi connectivity index (χ0n) is 17.7. The molecule has 1 N–H and O–H groups in total. The van der Waals surface area contributed by atoms with Crippen molar-refractivity contribution in [1.82, 2.24) is 10.2 Å². The summed E-state index contributed by atoms with van der Waals surface area (Å²) in [5.41, 5.74) is 0. The Bertz CT molecular complexity index is 261. The summed E-state index contributed by atoms with van der Waals surface area (Å²) in [6.07, 6.45) is 22.6. The largest absolute Gasteiger partial charge is 0.314 e. The zero-order chi connectivity index (χ0) is 18.0. The lowest BCUT2D eigenvalue weighted by Gasteiger charge is -2.20. The number of nitrogens with zero attached hydrogens (tertiary/aromatic N) is 1. The van der Waals surface area contributed by atoms with Crippen LogP contribution in [0.15, 0.2) is 0 Å². The van der Waals surface area contributed by atoms with Gasteiger partial charge in [-0.3, -0.25) is 0 Å². The van der Waals surface area contributed by atoms with Crippen LogP contribution < -0.4 is 5.32 Å². The lowest BCUT2D eigenvalue weighted by molar-refractivity contribution is 0.322. The van der Waals surface area contributed by atoms with Crippen molar-refractivity contribution in [2.45, 2.75) is 123 Å². The average Bonchev–Trinajstić information content (AvgIpc) is 3.14. The van der Waals surface area contributed by atoms with Gasteiger partial charge >= 0.3 is 0 Å². The fourth-order valence-electron chi connectivity index (χ4n) is 4.13. The van der Waals surface area contributed by atoms with E-state index in [4.69, 9.17) is 0 Å². The molecular weight excluding hydrogens is 304 g/mol. The Balaban J connectivity index is 2.09. The molecule has 25 heavy (non-hydrogen) atoms. The summed E-state index contributed by atoms with van der Waals surface area (Å²) in [7, 11) is 0. The maximum atomic E-state index is 3.91. The molecular formula is C23H48N2. The van der Waals surface area contributed by atoms with E-state index in [1.54, 1.807) is 0 Å². The van der Waals surface area contributed by atoms with Gasteiger partial charge in [-0.1, -0.05) is 84.5 Å². The fraction of sp³-hybridized carbons (Fsp3) is 1.00. The number of nitrogens with one attached hydrogen (secondary N) is 1. The van der Waals surface area contributed by atoms with Gasteiger partial charge in [-0.25, -0.2) is 0 Å². The maximum Gasteiger partial charge on any atom is 0.00670 e. The molecule has 1 unspecified atom stereocenters. The van der Waals surface area contributed by atoms with Crippen molar-refractivity contribution in [2.24, 2.45) is 0 Å². The minimum absolute atomic E-state index is 0.784. The van der Waals surface area contributed by atoms with E-state index in [0.29, 0.717) is 0 Å².